The summed E-state index contributed by atoms with van der Waals surface area (Å²) in [5, 5.41) is 8.63. The molecule has 1 nitrogen and oxygen atoms in total. The van der Waals surface area contributed by atoms with Crippen molar-refractivity contribution in [3.05, 3.63) is 140 Å². The molecule has 3 aromatic carbocycles. The van der Waals surface area contributed by atoms with E-state index in [0.717, 1.165) is 17.5 Å². The third-order valence-electron chi connectivity index (χ3n) is 3.03. The molecule has 0 unspecified atom stereocenters. The molecule has 1 aliphatic carbocycles. The van der Waals surface area contributed by atoms with Gasteiger partial charge in [0.05, 0.1) is 0 Å². The Bertz CT molecular complexity index is 636. The van der Waals surface area contributed by atoms with E-state index in [2.05, 4.69) is 26.0 Å². The molecule has 0 spiro atoms. The fourth-order valence-electron chi connectivity index (χ4n) is 1.72. The Labute approximate surface area is 183 Å². The van der Waals surface area contributed by atoms with Crippen LogP contribution in [0.2, 0.25) is 0 Å². The first kappa shape index (κ1) is 24.6. The van der Waals surface area contributed by atoms with Crippen LogP contribution in [0.1, 0.15) is 17.5 Å². The van der Waals surface area contributed by atoms with E-state index in [4.69, 9.17) is 5.11 Å². The minimum absolute atomic E-state index is 0. The normalized spacial score (nSPS) is 9.93. The van der Waals surface area contributed by atoms with E-state index in [9.17, 15) is 0 Å². The van der Waals surface area contributed by atoms with Gasteiger partial charge in [-0.05, 0) is 12.1 Å². The zero-order valence-electron chi connectivity index (χ0n) is 15.5. The Morgan fingerprint density at radius 2 is 1.07 bits per heavy atom. The van der Waals surface area contributed by atoms with Crippen molar-refractivity contribution < 1.29 is 31.3 Å². The first-order chi connectivity index (χ1) is 12.7. The minimum atomic E-state index is 0. The van der Waals surface area contributed by atoms with E-state index in [-0.39, 0.29) is 26.2 Å². The molecular weight excluding hydrogens is 407 g/mol. The van der Waals surface area contributed by atoms with Gasteiger partial charge in [0.15, 0.2) is 0 Å². The van der Waals surface area contributed by atoms with Crippen molar-refractivity contribution in [3.63, 3.8) is 0 Å². The van der Waals surface area contributed by atoms with Gasteiger partial charge in [0.1, 0.15) is 5.75 Å². The molecule has 27 heavy (non-hydrogen) atoms. The molecule has 0 aliphatic heterocycles. The molecule has 3 aromatic rings. The molecule has 1 aliphatic rings. The first-order valence-corrected chi connectivity index (χ1v) is 8.38. The number of para-hydroxylation sites is 1. The summed E-state index contributed by atoms with van der Waals surface area (Å²) in [4.78, 5) is 0. The number of hydrogen-bond acceptors (Lipinski definition) is 1. The Kier molecular flexibility index (Phi) is 15.5. The SMILES string of the molecule is Oc1ccccc1.[C-]1=CC=CC1.[CH2-]c1ccccc1.[CH2-]c1ccccc1.[Zr+3]. The average molecular weight is 433 g/mol. The van der Waals surface area contributed by atoms with E-state index in [1.807, 2.05) is 78.9 Å². The van der Waals surface area contributed by atoms with Gasteiger partial charge in [0.25, 0.3) is 0 Å². The average Bonchev–Trinajstić information content (AvgIpc) is 3.25. The summed E-state index contributed by atoms with van der Waals surface area (Å²) in [7, 11) is 0. The molecule has 1 N–H and O–H groups in total. The van der Waals surface area contributed by atoms with Gasteiger partial charge in [0, 0.05) is 0 Å². The number of hydrogen-bond donors (Lipinski definition) is 1. The van der Waals surface area contributed by atoms with Crippen LogP contribution >= 0.6 is 0 Å². The van der Waals surface area contributed by atoms with Crippen molar-refractivity contribution in [1.82, 2.24) is 0 Å². The predicted octanol–water partition coefficient (Wildman–Crippen LogP) is 6.43. The van der Waals surface area contributed by atoms with Crippen molar-refractivity contribution >= 4 is 0 Å². The third kappa shape index (κ3) is 15.5. The summed E-state index contributed by atoms with van der Waals surface area (Å²) in [5.41, 5.74) is 2.14. The Morgan fingerprint density at radius 3 is 1.22 bits per heavy atom. The summed E-state index contributed by atoms with van der Waals surface area (Å²) in [6.45, 7) is 7.44. The van der Waals surface area contributed by atoms with Gasteiger partial charge in [0.2, 0.25) is 0 Å². The maximum atomic E-state index is 8.63. The van der Waals surface area contributed by atoms with Crippen molar-refractivity contribution in [2.24, 2.45) is 0 Å². The van der Waals surface area contributed by atoms with Crippen LogP contribution in [0.4, 0.5) is 0 Å². The summed E-state index contributed by atoms with van der Waals surface area (Å²) in [6, 6.07) is 28.5. The van der Waals surface area contributed by atoms with Crippen LogP contribution in [0.15, 0.2) is 109 Å². The number of phenolic OH excluding ortho intramolecular Hbond substituents is 1. The summed E-state index contributed by atoms with van der Waals surface area (Å²) in [6.07, 6.45) is 10.0. The van der Waals surface area contributed by atoms with Gasteiger partial charge in [-0.25, -0.2) is 12.2 Å². The molecule has 0 amide bonds. The van der Waals surface area contributed by atoms with Gasteiger partial charge < -0.3 is 5.11 Å². The van der Waals surface area contributed by atoms with Crippen LogP contribution in [0.3, 0.4) is 0 Å². The van der Waals surface area contributed by atoms with E-state index in [1.165, 1.54) is 0 Å². The minimum Gasteiger partial charge on any atom is -0.508 e. The fourth-order valence-corrected chi connectivity index (χ4v) is 1.72. The first-order valence-electron chi connectivity index (χ1n) is 8.38. The number of rotatable bonds is 0. The van der Waals surface area contributed by atoms with E-state index < -0.39 is 0 Å². The zero-order chi connectivity index (χ0) is 18.9. The molecular formula is C25H25OZr. The van der Waals surface area contributed by atoms with Crippen LogP contribution in [-0.4, -0.2) is 5.11 Å². The van der Waals surface area contributed by atoms with Crippen LogP contribution in [0.25, 0.3) is 0 Å². The van der Waals surface area contributed by atoms with Crippen molar-refractivity contribution in [1.29, 1.82) is 0 Å². The monoisotopic (exact) mass is 431 g/mol. The second-order valence-electron chi connectivity index (χ2n) is 5.31. The largest absolute Gasteiger partial charge is 3.00 e. The number of phenols is 1. The molecule has 0 bridgehead atoms. The zero-order valence-corrected chi connectivity index (χ0v) is 17.9. The standard InChI is InChI=1S/2C7H7.C6H6O.C5H5.Zr/c2*1-7-5-3-2-4-6-7;7-6-4-2-1-3-5-6;1-2-4-5-3-1;/h2*2-6H,1H2;1-5,7H;1-3H,4H2;/q2*-1;;-1;+3. The maximum absolute atomic E-state index is 8.63. The molecule has 135 valence electrons. The topological polar surface area (TPSA) is 20.2 Å². The van der Waals surface area contributed by atoms with Crippen molar-refractivity contribution in [2.45, 2.75) is 6.42 Å². The Hall–Kier alpha value is -2.44. The Morgan fingerprint density at radius 1 is 0.667 bits per heavy atom. The van der Waals surface area contributed by atoms with Crippen LogP contribution in [-0.2, 0) is 26.2 Å². The quantitative estimate of drug-likeness (QED) is 0.406. The Balaban J connectivity index is 0.000000332. The summed E-state index contributed by atoms with van der Waals surface area (Å²) >= 11 is 0. The van der Waals surface area contributed by atoms with Gasteiger partial charge in [-0.3, -0.25) is 6.08 Å². The second-order valence-corrected chi connectivity index (χ2v) is 5.31. The smallest absolute Gasteiger partial charge is 0.508 e. The van der Waals surface area contributed by atoms with E-state index in [1.54, 1.807) is 24.3 Å². The molecule has 1 radical (unpaired) electrons. The molecule has 0 aromatic heterocycles. The molecule has 0 heterocycles. The molecule has 0 atom stereocenters. The molecule has 0 fully saturated rings. The van der Waals surface area contributed by atoms with Crippen molar-refractivity contribution in [3.8, 4) is 5.75 Å². The summed E-state index contributed by atoms with van der Waals surface area (Å²) in [5.74, 6) is 0.322. The fraction of sp³-hybridized carbons (Fsp3) is 0.0400. The summed E-state index contributed by atoms with van der Waals surface area (Å²) < 4.78 is 0. The van der Waals surface area contributed by atoms with Gasteiger partial charge >= 0.3 is 26.2 Å². The molecule has 2 heteroatoms. The van der Waals surface area contributed by atoms with Gasteiger partial charge in [-0.15, -0.1) is 30.7 Å². The van der Waals surface area contributed by atoms with Gasteiger partial charge in [-0.1, -0.05) is 30.3 Å². The molecule has 0 saturated heterocycles. The number of allylic oxidation sites excluding steroid dienone is 4. The van der Waals surface area contributed by atoms with Crippen LogP contribution in [0.5, 0.6) is 5.75 Å². The molecule has 0 saturated carbocycles. The maximum Gasteiger partial charge on any atom is 3.00 e. The van der Waals surface area contributed by atoms with Crippen LogP contribution < -0.4 is 0 Å². The van der Waals surface area contributed by atoms with Crippen LogP contribution in [0, 0.1) is 19.9 Å². The van der Waals surface area contributed by atoms with Crippen molar-refractivity contribution in [2.75, 3.05) is 0 Å². The third-order valence-corrected chi connectivity index (χ3v) is 3.03. The van der Waals surface area contributed by atoms with E-state index in [0.29, 0.717) is 5.75 Å². The number of aromatic hydroxyl groups is 1. The second kappa shape index (κ2) is 17.0. The van der Waals surface area contributed by atoms with Gasteiger partial charge in [-0.2, -0.15) is 55.3 Å². The molecule has 4 rings (SSSR count). The number of benzene rings is 3. The predicted molar refractivity (Wildman–Crippen MR) is 111 cm³/mol. The van der Waals surface area contributed by atoms with E-state index >= 15 is 0 Å².